The van der Waals surface area contributed by atoms with Crippen LogP contribution in [-0.2, 0) is 6.54 Å². The molecule has 0 atom stereocenters. The third kappa shape index (κ3) is 2.94. The average Bonchev–Trinajstić information content (AvgIpc) is 2.37. The number of aliphatic hydroxyl groups excluding tert-OH is 1. The predicted molar refractivity (Wildman–Crippen MR) is 76.9 cm³/mol. The van der Waals surface area contributed by atoms with Gasteiger partial charge in [0, 0.05) is 17.6 Å². The van der Waals surface area contributed by atoms with Gasteiger partial charge in [0.2, 0.25) is 0 Å². The molecule has 2 aromatic rings. The zero-order valence-corrected chi connectivity index (χ0v) is 11.3. The molecule has 1 saturated carbocycles. The Labute approximate surface area is 113 Å². The molecule has 3 rings (SSSR count). The quantitative estimate of drug-likeness (QED) is 0.883. The monoisotopic (exact) mass is 256 g/mol. The highest BCUT2D eigenvalue weighted by Crippen LogP contribution is 2.26. The van der Waals surface area contributed by atoms with Gasteiger partial charge in [0.25, 0.3) is 0 Å². The van der Waals surface area contributed by atoms with Gasteiger partial charge in [0.15, 0.2) is 0 Å². The number of hydrogen-bond donors (Lipinski definition) is 2. The largest absolute Gasteiger partial charge is 0.393 e. The molecule has 1 aliphatic rings. The SMILES string of the molecule is Cc1ccc2cc(CNCC3CC(O)C3)ccc2n1. The highest BCUT2D eigenvalue weighted by atomic mass is 16.3. The molecule has 0 radical (unpaired) electrons. The second kappa shape index (κ2) is 5.27. The fourth-order valence-corrected chi connectivity index (χ4v) is 2.67. The molecule has 3 heteroatoms. The molecule has 0 bridgehead atoms. The summed E-state index contributed by atoms with van der Waals surface area (Å²) in [5.74, 6) is 0.653. The van der Waals surface area contributed by atoms with E-state index in [1.54, 1.807) is 0 Å². The number of nitrogens with one attached hydrogen (secondary N) is 1. The zero-order chi connectivity index (χ0) is 13.2. The van der Waals surface area contributed by atoms with Crippen molar-refractivity contribution in [3.8, 4) is 0 Å². The summed E-state index contributed by atoms with van der Waals surface area (Å²) in [5.41, 5.74) is 3.41. The summed E-state index contributed by atoms with van der Waals surface area (Å²) >= 11 is 0. The summed E-state index contributed by atoms with van der Waals surface area (Å²) in [4.78, 5) is 4.51. The lowest BCUT2D eigenvalue weighted by molar-refractivity contribution is 0.0430. The van der Waals surface area contributed by atoms with Crippen LogP contribution in [0, 0.1) is 12.8 Å². The molecule has 1 aromatic carbocycles. The van der Waals surface area contributed by atoms with Crippen LogP contribution in [-0.4, -0.2) is 22.7 Å². The van der Waals surface area contributed by atoms with Gasteiger partial charge in [0.05, 0.1) is 11.6 Å². The fraction of sp³-hybridized carbons (Fsp3) is 0.438. The molecule has 100 valence electrons. The van der Waals surface area contributed by atoms with E-state index in [4.69, 9.17) is 0 Å². The van der Waals surface area contributed by atoms with E-state index in [0.717, 1.165) is 37.1 Å². The van der Waals surface area contributed by atoms with Gasteiger partial charge in [-0.15, -0.1) is 0 Å². The van der Waals surface area contributed by atoms with Crippen molar-refractivity contribution in [2.75, 3.05) is 6.54 Å². The summed E-state index contributed by atoms with van der Waals surface area (Å²) in [6, 6.07) is 10.6. The van der Waals surface area contributed by atoms with Gasteiger partial charge in [-0.3, -0.25) is 4.98 Å². The highest BCUT2D eigenvalue weighted by molar-refractivity contribution is 5.79. The number of aromatic nitrogens is 1. The van der Waals surface area contributed by atoms with Crippen LogP contribution in [0.2, 0.25) is 0 Å². The van der Waals surface area contributed by atoms with Gasteiger partial charge < -0.3 is 10.4 Å². The normalized spacial score (nSPS) is 22.4. The summed E-state index contributed by atoms with van der Waals surface area (Å²) in [6.45, 7) is 3.90. The number of nitrogens with zero attached hydrogens (tertiary/aromatic N) is 1. The molecule has 1 heterocycles. The molecule has 0 amide bonds. The smallest absolute Gasteiger partial charge is 0.0705 e. The van der Waals surface area contributed by atoms with E-state index < -0.39 is 0 Å². The Bertz CT molecular complexity index is 576. The number of pyridine rings is 1. The van der Waals surface area contributed by atoms with Crippen molar-refractivity contribution in [1.82, 2.24) is 10.3 Å². The van der Waals surface area contributed by atoms with Crippen molar-refractivity contribution in [2.24, 2.45) is 5.92 Å². The Morgan fingerprint density at radius 2 is 2.11 bits per heavy atom. The van der Waals surface area contributed by atoms with Crippen molar-refractivity contribution in [2.45, 2.75) is 32.4 Å². The lowest BCUT2D eigenvalue weighted by atomic mass is 9.82. The molecular formula is C16H20N2O. The van der Waals surface area contributed by atoms with Gasteiger partial charge in [-0.2, -0.15) is 0 Å². The van der Waals surface area contributed by atoms with Crippen LogP contribution in [0.3, 0.4) is 0 Å². The first-order valence-corrected chi connectivity index (χ1v) is 6.96. The minimum atomic E-state index is -0.0539. The van der Waals surface area contributed by atoms with Crippen LogP contribution in [0.25, 0.3) is 10.9 Å². The molecule has 0 aliphatic heterocycles. The van der Waals surface area contributed by atoms with Crippen LogP contribution in [0.1, 0.15) is 24.1 Å². The molecule has 0 saturated heterocycles. The van der Waals surface area contributed by atoms with Crippen molar-refractivity contribution < 1.29 is 5.11 Å². The van der Waals surface area contributed by atoms with Gasteiger partial charge in [-0.05, 0) is 56.0 Å². The van der Waals surface area contributed by atoms with E-state index in [1.165, 1.54) is 10.9 Å². The number of aliphatic hydroxyl groups is 1. The topological polar surface area (TPSA) is 45.1 Å². The van der Waals surface area contributed by atoms with Crippen LogP contribution in [0.5, 0.6) is 0 Å². The number of fused-ring (bicyclic) bond motifs is 1. The standard InChI is InChI=1S/C16H20N2O/c1-11-2-4-14-6-12(3-5-16(14)18-11)9-17-10-13-7-15(19)8-13/h2-6,13,15,17,19H,7-10H2,1H3. The zero-order valence-electron chi connectivity index (χ0n) is 11.3. The fourth-order valence-electron chi connectivity index (χ4n) is 2.67. The molecule has 19 heavy (non-hydrogen) atoms. The maximum Gasteiger partial charge on any atom is 0.0705 e. The molecule has 1 fully saturated rings. The maximum atomic E-state index is 9.24. The number of aryl methyl sites for hydroxylation is 1. The van der Waals surface area contributed by atoms with E-state index in [9.17, 15) is 5.11 Å². The third-order valence-corrected chi connectivity index (χ3v) is 3.87. The first kappa shape index (κ1) is 12.6. The van der Waals surface area contributed by atoms with E-state index in [0.29, 0.717) is 5.92 Å². The molecule has 0 spiro atoms. The number of hydrogen-bond acceptors (Lipinski definition) is 3. The van der Waals surface area contributed by atoms with Gasteiger partial charge in [-0.1, -0.05) is 12.1 Å². The molecule has 2 N–H and O–H groups in total. The highest BCUT2D eigenvalue weighted by Gasteiger charge is 2.26. The second-order valence-electron chi connectivity index (χ2n) is 5.60. The van der Waals surface area contributed by atoms with E-state index in [1.807, 2.05) is 6.92 Å². The van der Waals surface area contributed by atoms with Gasteiger partial charge in [0.1, 0.15) is 0 Å². The van der Waals surface area contributed by atoms with E-state index in [-0.39, 0.29) is 6.10 Å². The van der Waals surface area contributed by atoms with Crippen LogP contribution in [0.4, 0.5) is 0 Å². The summed E-state index contributed by atoms with van der Waals surface area (Å²) in [6.07, 6.45) is 1.85. The summed E-state index contributed by atoms with van der Waals surface area (Å²) in [5, 5.41) is 13.9. The average molecular weight is 256 g/mol. The first-order chi connectivity index (χ1) is 9.20. The van der Waals surface area contributed by atoms with Crippen LogP contribution < -0.4 is 5.32 Å². The second-order valence-corrected chi connectivity index (χ2v) is 5.60. The summed E-state index contributed by atoms with van der Waals surface area (Å²) < 4.78 is 0. The maximum absolute atomic E-state index is 9.24. The van der Waals surface area contributed by atoms with Crippen molar-refractivity contribution >= 4 is 10.9 Å². The lowest BCUT2D eigenvalue weighted by Gasteiger charge is -2.31. The van der Waals surface area contributed by atoms with E-state index >= 15 is 0 Å². The number of rotatable bonds is 4. The first-order valence-electron chi connectivity index (χ1n) is 6.96. The molecule has 1 aliphatic carbocycles. The Balaban J connectivity index is 1.60. The van der Waals surface area contributed by atoms with Crippen LogP contribution in [0.15, 0.2) is 30.3 Å². The minimum Gasteiger partial charge on any atom is -0.393 e. The van der Waals surface area contributed by atoms with Crippen LogP contribution >= 0.6 is 0 Å². The van der Waals surface area contributed by atoms with Crippen molar-refractivity contribution in [3.05, 3.63) is 41.6 Å². The van der Waals surface area contributed by atoms with E-state index in [2.05, 4.69) is 40.6 Å². The van der Waals surface area contributed by atoms with Gasteiger partial charge in [-0.25, -0.2) is 0 Å². The number of benzene rings is 1. The molecule has 0 unspecified atom stereocenters. The van der Waals surface area contributed by atoms with Crippen molar-refractivity contribution in [3.63, 3.8) is 0 Å². The molecular weight excluding hydrogens is 236 g/mol. The predicted octanol–water partition coefficient (Wildman–Crippen LogP) is 2.40. The molecule has 3 nitrogen and oxygen atoms in total. The Hall–Kier alpha value is -1.45. The third-order valence-electron chi connectivity index (χ3n) is 3.87. The lowest BCUT2D eigenvalue weighted by Crippen LogP contribution is -2.35. The minimum absolute atomic E-state index is 0.0539. The Kier molecular flexibility index (Phi) is 3.49. The Morgan fingerprint density at radius 1 is 1.26 bits per heavy atom. The molecule has 1 aromatic heterocycles. The van der Waals surface area contributed by atoms with Crippen molar-refractivity contribution in [1.29, 1.82) is 0 Å². The summed E-state index contributed by atoms with van der Waals surface area (Å²) in [7, 11) is 0. The Morgan fingerprint density at radius 3 is 2.89 bits per heavy atom. The van der Waals surface area contributed by atoms with Gasteiger partial charge >= 0.3 is 0 Å².